The Balaban J connectivity index is 1.51. The van der Waals surface area contributed by atoms with Gasteiger partial charge in [0, 0.05) is 32.0 Å². The van der Waals surface area contributed by atoms with Crippen molar-refractivity contribution in [1.29, 1.82) is 0 Å². The number of benzene rings is 2. The Morgan fingerprint density at radius 3 is 2.61 bits per heavy atom. The predicted molar refractivity (Wildman–Crippen MR) is 131 cm³/mol. The smallest absolute Gasteiger partial charge is 0.313 e. The number of nitrogens with one attached hydrogen (secondary N) is 2. The molecular weight excluding hydrogens is 491 g/mol. The maximum atomic E-state index is 13.5. The van der Waals surface area contributed by atoms with Crippen molar-refractivity contribution >= 4 is 21.6 Å². The van der Waals surface area contributed by atoms with E-state index in [0.29, 0.717) is 31.5 Å². The van der Waals surface area contributed by atoms with Crippen molar-refractivity contribution in [2.45, 2.75) is 25.6 Å². The van der Waals surface area contributed by atoms with E-state index in [1.165, 1.54) is 35.0 Å². The number of hydrogen-bond donors (Lipinski definition) is 2. The number of aromatic nitrogens is 2. The summed E-state index contributed by atoms with van der Waals surface area (Å²) in [7, 11) is -3.86. The molecule has 0 saturated heterocycles. The highest BCUT2D eigenvalue weighted by atomic mass is 32.2. The Morgan fingerprint density at radius 2 is 1.89 bits per heavy atom. The van der Waals surface area contributed by atoms with Gasteiger partial charge in [-0.3, -0.25) is 9.71 Å². The molecule has 3 aromatic rings. The Morgan fingerprint density at radius 1 is 1.03 bits per heavy atom. The van der Waals surface area contributed by atoms with Crippen molar-refractivity contribution < 1.29 is 21.6 Å². The van der Waals surface area contributed by atoms with Crippen molar-refractivity contribution in [2.24, 2.45) is 0 Å². The minimum Gasteiger partial charge on any atom is -0.313 e. The molecule has 188 valence electrons. The number of hydrogen-bond acceptors (Lipinski definition) is 5. The SMILES string of the molecule is O=S(=O)(Nc1cnccn1)N1CCc2c(cccc2-c2ccc(C(F)(F)F)cc2C2=CCNCC2)C1. The van der Waals surface area contributed by atoms with Crippen LogP contribution in [0.2, 0.25) is 0 Å². The number of anilines is 1. The molecular formula is C25H24F3N5O2S. The summed E-state index contributed by atoms with van der Waals surface area (Å²) in [5.74, 6) is 0.127. The maximum absolute atomic E-state index is 13.5. The molecule has 7 nitrogen and oxygen atoms in total. The van der Waals surface area contributed by atoms with Crippen LogP contribution in [0.4, 0.5) is 19.0 Å². The van der Waals surface area contributed by atoms with E-state index in [2.05, 4.69) is 20.0 Å². The van der Waals surface area contributed by atoms with E-state index in [9.17, 15) is 21.6 Å². The van der Waals surface area contributed by atoms with Crippen molar-refractivity contribution in [1.82, 2.24) is 19.6 Å². The number of fused-ring (bicyclic) bond motifs is 1. The molecule has 0 bridgehead atoms. The first-order valence-electron chi connectivity index (χ1n) is 11.5. The molecule has 3 heterocycles. The van der Waals surface area contributed by atoms with E-state index < -0.39 is 21.9 Å². The number of halogens is 3. The lowest BCUT2D eigenvalue weighted by Crippen LogP contribution is -2.39. The molecule has 0 spiro atoms. The summed E-state index contributed by atoms with van der Waals surface area (Å²) in [4.78, 5) is 7.84. The van der Waals surface area contributed by atoms with E-state index >= 15 is 0 Å². The lowest BCUT2D eigenvalue weighted by atomic mass is 9.85. The number of alkyl halides is 3. The zero-order valence-corrected chi connectivity index (χ0v) is 20.0. The quantitative estimate of drug-likeness (QED) is 0.531. The third kappa shape index (κ3) is 4.99. The summed E-state index contributed by atoms with van der Waals surface area (Å²) in [5.41, 5.74) is 4.07. The first-order valence-corrected chi connectivity index (χ1v) is 12.9. The van der Waals surface area contributed by atoms with Gasteiger partial charge in [-0.25, -0.2) is 4.98 Å². The van der Waals surface area contributed by atoms with Gasteiger partial charge in [-0.2, -0.15) is 25.9 Å². The monoisotopic (exact) mass is 515 g/mol. The van der Waals surface area contributed by atoms with Crippen molar-refractivity contribution in [2.75, 3.05) is 24.4 Å². The molecule has 0 fully saturated rings. The molecule has 2 N–H and O–H groups in total. The van der Waals surface area contributed by atoms with Crippen LogP contribution in [0, 0.1) is 0 Å². The molecule has 11 heteroatoms. The molecule has 2 aliphatic rings. The highest BCUT2D eigenvalue weighted by Crippen LogP contribution is 2.40. The summed E-state index contributed by atoms with van der Waals surface area (Å²) < 4.78 is 70.3. The van der Waals surface area contributed by atoms with E-state index in [1.54, 1.807) is 0 Å². The first-order chi connectivity index (χ1) is 17.2. The maximum Gasteiger partial charge on any atom is 0.416 e. The van der Waals surface area contributed by atoms with Crippen LogP contribution in [0.5, 0.6) is 0 Å². The number of rotatable bonds is 5. The Labute approximate surface area is 207 Å². The zero-order valence-electron chi connectivity index (χ0n) is 19.2. The summed E-state index contributed by atoms with van der Waals surface area (Å²) in [6.07, 6.45) is 2.72. The highest BCUT2D eigenvalue weighted by molar-refractivity contribution is 7.90. The number of nitrogens with zero attached hydrogens (tertiary/aromatic N) is 3. The molecule has 0 unspecified atom stereocenters. The fourth-order valence-corrected chi connectivity index (χ4v) is 5.82. The van der Waals surface area contributed by atoms with E-state index in [1.807, 2.05) is 24.3 Å². The Hall–Kier alpha value is -3.28. The third-order valence-electron chi connectivity index (χ3n) is 6.41. The third-order valence-corrected chi connectivity index (χ3v) is 7.87. The second-order valence-electron chi connectivity index (χ2n) is 8.67. The summed E-state index contributed by atoms with van der Waals surface area (Å²) >= 11 is 0. The lowest BCUT2D eigenvalue weighted by molar-refractivity contribution is -0.137. The second kappa shape index (κ2) is 9.64. The lowest BCUT2D eigenvalue weighted by Gasteiger charge is -2.30. The highest BCUT2D eigenvalue weighted by Gasteiger charge is 2.33. The molecule has 0 atom stereocenters. The zero-order chi connectivity index (χ0) is 25.3. The first kappa shape index (κ1) is 24.4. The van der Waals surface area contributed by atoms with Gasteiger partial charge in [0.2, 0.25) is 0 Å². The van der Waals surface area contributed by atoms with E-state index in [-0.39, 0.29) is 18.9 Å². The van der Waals surface area contributed by atoms with Gasteiger partial charge in [0.25, 0.3) is 0 Å². The van der Waals surface area contributed by atoms with Crippen LogP contribution in [0.1, 0.15) is 28.7 Å². The van der Waals surface area contributed by atoms with Crippen LogP contribution in [0.15, 0.2) is 61.1 Å². The molecule has 5 rings (SSSR count). The summed E-state index contributed by atoms with van der Waals surface area (Å²) in [6, 6.07) is 9.46. The van der Waals surface area contributed by atoms with Gasteiger partial charge in [0.15, 0.2) is 5.82 Å². The van der Waals surface area contributed by atoms with Gasteiger partial charge in [0.05, 0.1) is 11.8 Å². The molecule has 0 amide bonds. The molecule has 36 heavy (non-hydrogen) atoms. The normalized spacial score (nSPS) is 16.8. The minimum absolute atomic E-state index is 0.127. The minimum atomic E-state index is -4.44. The van der Waals surface area contributed by atoms with Gasteiger partial charge >= 0.3 is 16.4 Å². The van der Waals surface area contributed by atoms with Crippen LogP contribution < -0.4 is 10.0 Å². The van der Waals surface area contributed by atoms with E-state index in [0.717, 1.165) is 33.9 Å². The van der Waals surface area contributed by atoms with Gasteiger partial charge < -0.3 is 5.32 Å². The van der Waals surface area contributed by atoms with Gasteiger partial charge in [-0.1, -0.05) is 30.3 Å². The summed E-state index contributed by atoms with van der Waals surface area (Å²) in [6.45, 7) is 1.66. The van der Waals surface area contributed by atoms with Crippen LogP contribution in [-0.4, -0.2) is 42.3 Å². The average Bonchev–Trinajstić information content (AvgIpc) is 2.88. The van der Waals surface area contributed by atoms with Crippen molar-refractivity contribution in [3.63, 3.8) is 0 Å². The van der Waals surface area contributed by atoms with Crippen LogP contribution in [0.3, 0.4) is 0 Å². The van der Waals surface area contributed by atoms with Crippen LogP contribution >= 0.6 is 0 Å². The average molecular weight is 516 g/mol. The molecule has 1 aromatic heterocycles. The van der Waals surface area contributed by atoms with Gasteiger partial charge in [0.1, 0.15) is 0 Å². The van der Waals surface area contributed by atoms with Crippen molar-refractivity contribution in [3.05, 3.63) is 83.3 Å². The molecule has 0 saturated carbocycles. The standard InChI is InChI=1S/C25H24F3N5O2S/c26-25(27,28)19-4-5-22(23(14-19)17-6-9-29-10-7-17)21-3-1-2-18-16-33(13-8-20(18)21)36(34,35)32-24-15-30-11-12-31-24/h1-6,11-12,14-15,29H,7-10,13,16H2,(H,31,32). The predicted octanol–water partition coefficient (Wildman–Crippen LogP) is 4.25. The molecule has 2 aliphatic heterocycles. The van der Waals surface area contributed by atoms with Crippen LogP contribution in [-0.2, 0) is 29.4 Å². The summed E-state index contributed by atoms with van der Waals surface area (Å²) in [5, 5.41) is 3.20. The van der Waals surface area contributed by atoms with Gasteiger partial charge in [-0.15, -0.1) is 0 Å². The Kier molecular flexibility index (Phi) is 6.54. The Bertz CT molecular complexity index is 1410. The van der Waals surface area contributed by atoms with Crippen LogP contribution in [0.25, 0.3) is 16.7 Å². The molecule has 2 aromatic carbocycles. The largest absolute Gasteiger partial charge is 0.416 e. The van der Waals surface area contributed by atoms with E-state index in [4.69, 9.17) is 0 Å². The molecule has 0 aliphatic carbocycles. The fraction of sp³-hybridized carbons (Fsp3) is 0.280. The molecule has 0 radical (unpaired) electrons. The second-order valence-corrected chi connectivity index (χ2v) is 10.3. The van der Waals surface area contributed by atoms with Gasteiger partial charge in [-0.05, 0) is 64.9 Å². The topological polar surface area (TPSA) is 87.2 Å². The fourth-order valence-electron chi connectivity index (χ4n) is 4.68. The van der Waals surface area contributed by atoms with Crippen molar-refractivity contribution in [3.8, 4) is 11.1 Å².